The summed E-state index contributed by atoms with van der Waals surface area (Å²) in [5.41, 5.74) is 0.731. The van der Waals surface area contributed by atoms with E-state index in [1.807, 2.05) is 36.4 Å². The number of fused-ring (bicyclic) bond motifs is 1. The molecule has 1 atom stereocenters. The van der Waals surface area contributed by atoms with E-state index in [-0.39, 0.29) is 5.91 Å². The summed E-state index contributed by atoms with van der Waals surface area (Å²) in [7, 11) is 0. The van der Waals surface area contributed by atoms with Gasteiger partial charge in [-0.15, -0.1) is 0 Å². The summed E-state index contributed by atoms with van der Waals surface area (Å²) in [5, 5.41) is 5.45. The Morgan fingerprint density at radius 3 is 2.46 bits per heavy atom. The summed E-state index contributed by atoms with van der Waals surface area (Å²) < 4.78 is 5.50. The molecule has 2 aromatic carbocycles. The monoisotopic (exact) mass is 354 g/mol. The molecule has 1 N–H and O–H groups in total. The van der Waals surface area contributed by atoms with Gasteiger partial charge in [-0.2, -0.15) is 0 Å². The lowest BCUT2D eigenvalue weighted by atomic mass is 9.92. The number of carbonyl (C=O) groups is 1. The number of hydrogen-bond donors (Lipinski definition) is 1. The first-order valence-corrected chi connectivity index (χ1v) is 9.81. The second-order valence-electron chi connectivity index (χ2n) is 7.06. The van der Waals surface area contributed by atoms with Gasteiger partial charge in [-0.05, 0) is 28.8 Å². The van der Waals surface area contributed by atoms with Crippen molar-refractivity contribution in [3.8, 4) is 0 Å². The zero-order valence-corrected chi connectivity index (χ0v) is 15.9. The maximum absolute atomic E-state index is 12.7. The molecule has 1 saturated heterocycles. The molecule has 1 heterocycles. The Hall–Kier alpha value is -1.91. The Morgan fingerprint density at radius 2 is 1.77 bits per heavy atom. The molecule has 4 nitrogen and oxygen atoms in total. The molecule has 1 aliphatic rings. The zero-order chi connectivity index (χ0) is 18.4. The maximum Gasteiger partial charge on any atom is 0.251 e. The topological polar surface area (TPSA) is 41.6 Å². The van der Waals surface area contributed by atoms with Gasteiger partial charge in [-0.3, -0.25) is 9.69 Å². The highest BCUT2D eigenvalue weighted by Crippen LogP contribution is 2.20. The van der Waals surface area contributed by atoms with Crippen LogP contribution in [0.25, 0.3) is 10.8 Å². The molecule has 26 heavy (non-hydrogen) atoms. The molecule has 140 valence electrons. The van der Waals surface area contributed by atoms with Crippen LogP contribution in [-0.4, -0.2) is 49.7 Å². The van der Waals surface area contributed by atoms with Crippen molar-refractivity contribution in [2.75, 3.05) is 32.8 Å². The van der Waals surface area contributed by atoms with Crippen molar-refractivity contribution in [2.24, 2.45) is 5.92 Å². The zero-order valence-electron chi connectivity index (χ0n) is 15.9. The molecule has 0 aromatic heterocycles. The van der Waals surface area contributed by atoms with Crippen LogP contribution in [-0.2, 0) is 4.74 Å². The number of benzene rings is 2. The van der Waals surface area contributed by atoms with Crippen LogP contribution < -0.4 is 5.32 Å². The molecule has 1 unspecified atom stereocenters. The minimum absolute atomic E-state index is 0.0139. The third-order valence-electron chi connectivity index (χ3n) is 5.59. The van der Waals surface area contributed by atoms with Gasteiger partial charge < -0.3 is 10.1 Å². The van der Waals surface area contributed by atoms with Crippen LogP contribution >= 0.6 is 0 Å². The van der Waals surface area contributed by atoms with Crippen molar-refractivity contribution >= 4 is 16.7 Å². The third-order valence-corrected chi connectivity index (χ3v) is 5.59. The molecule has 1 aliphatic heterocycles. The second-order valence-corrected chi connectivity index (χ2v) is 7.06. The van der Waals surface area contributed by atoms with E-state index in [9.17, 15) is 4.79 Å². The van der Waals surface area contributed by atoms with Gasteiger partial charge in [0.15, 0.2) is 0 Å². The highest BCUT2D eigenvalue weighted by atomic mass is 16.5. The normalized spacial score (nSPS) is 16.7. The minimum atomic E-state index is 0.0139. The minimum Gasteiger partial charge on any atom is -0.379 e. The molecule has 2 aromatic rings. The summed E-state index contributed by atoms with van der Waals surface area (Å²) in [4.78, 5) is 15.2. The van der Waals surface area contributed by atoms with Crippen molar-refractivity contribution < 1.29 is 9.53 Å². The summed E-state index contributed by atoms with van der Waals surface area (Å²) in [5.74, 6) is 0.602. The number of morpholine rings is 1. The van der Waals surface area contributed by atoms with Crippen molar-refractivity contribution in [3.63, 3.8) is 0 Å². The molecular weight excluding hydrogens is 324 g/mol. The lowest BCUT2D eigenvalue weighted by Crippen LogP contribution is -2.52. The van der Waals surface area contributed by atoms with Gasteiger partial charge in [-0.25, -0.2) is 0 Å². The smallest absolute Gasteiger partial charge is 0.251 e. The van der Waals surface area contributed by atoms with E-state index in [2.05, 4.69) is 30.1 Å². The molecular formula is C22H30N2O2. The molecule has 1 amide bonds. The van der Waals surface area contributed by atoms with Crippen LogP contribution in [0, 0.1) is 5.92 Å². The molecule has 4 heteroatoms. The Kier molecular flexibility index (Phi) is 6.64. The first kappa shape index (κ1) is 18.9. The Bertz CT molecular complexity index is 721. The summed E-state index contributed by atoms with van der Waals surface area (Å²) in [6, 6.07) is 14.4. The molecule has 0 spiro atoms. The van der Waals surface area contributed by atoms with Gasteiger partial charge in [-0.1, -0.05) is 57.0 Å². The molecule has 0 saturated carbocycles. The fraction of sp³-hybridized carbons (Fsp3) is 0.500. The van der Waals surface area contributed by atoms with Crippen LogP contribution in [0.1, 0.15) is 37.0 Å². The van der Waals surface area contributed by atoms with Gasteiger partial charge >= 0.3 is 0 Å². The fourth-order valence-corrected chi connectivity index (χ4v) is 3.97. The van der Waals surface area contributed by atoms with E-state index >= 15 is 0 Å². The maximum atomic E-state index is 12.7. The summed E-state index contributed by atoms with van der Waals surface area (Å²) >= 11 is 0. The van der Waals surface area contributed by atoms with Crippen LogP contribution in [0.3, 0.4) is 0 Å². The van der Waals surface area contributed by atoms with Crippen molar-refractivity contribution in [3.05, 3.63) is 48.0 Å². The van der Waals surface area contributed by atoms with E-state index in [4.69, 9.17) is 4.74 Å². The number of nitrogens with one attached hydrogen (secondary N) is 1. The first-order valence-electron chi connectivity index (χ1n) is 9.81. The van der Waals surface area contributed by atoms with Gasteiger partial charge in [0.1, 0.15) is 0 Å². The number of nitrogens with zero attached hydrogens (tertiary/aromatic N) is 1. The lowest BCUT2D eigenvalue weighted by Gasteiger charge is -2.38. The number of hydrogen-bond acceptors (Lipinski definition) is 3. The molecule has 3 rings (SSSR count). The highest BCUT2D eigenvalue weighted by Gasteiger charge is 2.27. The number of ether oxygens (including phenoxy) is 1. The molecule has 0 bridgehead atoms. The fourth-order valence-electron chi connectivity index (χ4n) is 3.97. The average Bonchev–Trinajstić information content (AvgIpc) is 2.71. The highest BCUT2D eigenvalue weighted by molar-refractivity contribution is 5.98. The van der Waals surface area contributed by atoms with Crippen LogP contribution in [0.4, 0.5) is 0 Å². The van der Waals surface area contributed by atoms with Crippen molar-refractivity contribution in [1.82, 2.24) is 10.2 Å². The van der Waals surface area contributed by atoms with E-state index in [1.54, 1.807) is 0 Å². The number of amides is 1. The average molecular weight is 354 g/mol. The Balaban J connectivity index is 1.69. The van der Waals surface area contributed by atoms with Crippen LogP contribution in [0.15, 0.2) is 42.5 Å². The van der Waals surface area contributed by atoms with Gasteiger partial charge in [0.25, 0.3) is 5.91 Å². The predicted molar refractivity (Wildman–Crippen MR) is 107 cm³/mol. The van der Waals surface area contributed by atoms with Gasteiger partial charge in [0, 0.05) is 31.2 Å². The largest absolute Gasteiger partial charge is 0.379 e. The van der Waals surface area contributed by atoms with E-state index in [1.165, 1.54) is 0 Å². The van der Waals surface area contributed by atoms with Crippen LogP contribution in [0.2, 0.25) is 0 Å². The number of rotatable bonds is 7. The SMILES string of the molecule is CCC(CC)C(CNC(=O)c1ccc2ccccc2c1)N1CCOCC1. The molecule has 0 radical (unpaired) electrons. The standard InChI is InChI=1S/C22H30N2O2/c1-3-17(4-2)21(24-11-13-26-14-12-24)16-23-22(25)20-10-9-18-7-5-6-8-19(18)15-20/h5-10,15,17,21H,3-4,11-14,16H2,1-2H3,(H,23,25). The van der Waals surface area contributed by atoms with Crippen LogP contribution in [0.5, 0.6) is 0 Å². The van der Waals surface area contributed by atoms with E-state index < -0.39 is 0 Å². The third kappa shape index (κ3) is 4.43. The summed E-state index contributed by atoms with van der Waals surface area (Å²) in [6.07, 6.45) is 2.26. The first-order chi connectivity index (χ1) is 12.7. The van der Waals surface area contributed by atoms with Gasteiger partial charge in [0.05, 0.1) is 13.2 Å². The van der Waals surface area contributed by atoms with Gasteiger partial charge in [0.2, 0.25) is 0 Å². The van der Waals surface area contributed by atoms with Crippen molar-refractivity contribution in [2.45, 2.75) is 32.7 Å². The van der Waals surface area contributed by atoms with Crippen molar-refractivity contribution in [1.29, 1.82) is 0 Å². The summed E-state index contributed by atoms with van der Waals surface area (Å²) in [6.45, 7) is 8.65. The quantitative estimate of drug-likeness (QED) is 0.824. The van der Waals surface area contributed by atoms with E-state index in [0.717, 1.165) is 55.5 Å². The predicted octanol–water partition coefficient (Wildman–Crippen LogP) is 3.71. The Morgan fingerprint density at radius 1 is 1.08 bits per heavy atom. The Labute approximate surface area is 156 Å². The molecule has 0 aliphatic carbocycles. The second kappa shape index (κ2) is 9.15. The number of carbonyl (C=O) groups excluding carboxylic acids is 1. The van der Waals surface area contributed by atoms with E-state index in [0.29, 0.717) is 18.5 Å². The lowest BCUT2D eigenvalue weighted by molar-refractivity contribution is 0.00191. The molecule has 1 fully saturated rings.